The van der Waals surface area contributed by atoms with Crippen LogP contribution >= 0.6 is 11.6 Å². The molecule has 0 aliphatic carbocycles. The van der Waals surface area contributed by atoms with Gasteiger partial charge in [0.05, 0.1) is 27.5 Å². The number of pyridine rings is 1. The van der Waals surface area contributed by atoms with E-state index in [0.717, 1.165) is 12.1 Å². The second-order valence-corrected chi connectivity index (χ2v) is 7.79. The molecule has 11 heteroatoms. The maximum atomic E-state index is 14.8. The van der Waals surface area contributed by atoms with Crippen LogP contribution in [0.4, 0.5) is 20.4 Å². The topological polar surface area (TPSA) is 111 Å². The van der Waals surface area contributed by atoms with Crippen LogP contribution in [0.2, 0.25) is 5.02 Å². The molecule has 0 saturated carbocycles. The molecule has 0 bridgehead atoms. The zero-order chi connectivity index (χ0) is 21.2. The summed E-state index contributed by atoms with van der Waals surface area (Å²) in [6.45, 7) is 1.46. The van der Waals surface area contributed by atoms with Crippen molar-refractivity contribution in [2.75, 3.05) is 10.5 Å². The molecule has 0 aliphatic heterocycles. The predicted octanol–water partition coefficient (Wildman–Crippen LogP) is 2.89. The van der Waals surface area contributed by atoms with Crippen LogP contribution in [0.25, 0.3) is 0 Å². The molecule has 0 aliphatic rings. The number of nitrogen functional groups attached to an aromatic ring is 1. The van der Waals surface area contributed by atoms with E-state index in [1.54, 1.807) is 0 Å². The molecular formula is C18H12ClF2N5O2S. The lowest BCUT2D eigenvalue weighted by Crippen LogP contribution is -2.16. The van der Waals surface area contributed by atoms with E-state index in [0.29, 0.717) is 0 Å². The van der Waals surface area contributed by atoms with Gasteiger partial charge in [0.25, 0.3) is 10.0 Å². The normalized spacial score (nSPS) is 10.9. The van der Waals surface area contributed by atoms with E-state index < -0.39 is 32.9 Å². The van der Waals surface area contributed by atoms with Crippen molar-refractivity contribution in [2.45, 2.75) is 11.8 Å². The summed E-state index contributed by atoms with van der Waals surface area (Å²) in [5.41, 5.74) is 4.68. The van der Waals surface area contributed by atoms with E-state index in [9.17, 15) is 17.2 Å². The summed E-state index contributed by atoms with van der Waals surface area (Å²) < 4.78 is 56.1. The lowest BCUT2D eigenvalue weighted by atomic mass is 10.1. The number of aromatic nitrogens is 3. The Morgan fingerprint density at radius 2 is 1.79 bits per heavy atom. The predicted molar refractivity (Wildman–Crippen MR) is 104 cm³/mol. The molecule has 3 aromatic rings. The minimum Gasteiger partial charge on any atom is -0.368 e. The molecule has 0 saturated heterocycles. The largest absolute Gasteiger partial charge is 0.368 e. The van der Waals surface area contributed by atoms with Crippen molar-refractivity contribution in [1.82, 2.24) is 15.0 Å². The zero-order valence-corrected chi connectivity index (χ0v) is 16.3. The third-order valence-electron chi connectivity index (χ3n) is 3.64. The second kappa shape index (κ2) is 7.98. The first-order valence-corrected chi connectivity index (χ1v) is 9.76. The Morgan fingerprint density at radius 1 is 1.10 bits per heavy atom. The molecule has 2 aromatic heterocycles. The smallest absolute Gasteiger partial charge is 0.263 e. The number of nitrogens with two attached hydrogens (primary N) is 1. The van der Waals surface area contributed by atoms with Crippen LogP contribution in [-0.2, 0) is 10.0 Å². The Kier molecular flexibility index (Phi) is 5.63. The van der Waals surface area contributed by atoms with Gasteiger partial charge in [-0.3, -0.25) is 9.71 Å². The number of benzene rings is 1. The number of rotatable bonds is 3. The summed E-state index contributed by atoms with van der Waals surface area (Å²) in [5.74, 6) is 2.69. The molecule has 0 unspecified atom stereocenters. The van der Waals surface area contributed by atoms with E-state index in [-0.39, 0.29) is 27.1 Å². The molecule has 7 nitrogen and oxygen atoms in total. The lowest BCUT2D eigenvalue weighted by Gasteiger charge is -2.12. The highest BCUT2D eigenvalue weighted by Gasteiger charge is 2.22. The van der Waals surface area contributed by atoms with Gasteiger partial charge in [-0.1, -0.05) is 23.4 Å². The SMILES string of the molecule is Cc1ncc(Cl)cc1S(=O)(=O)Nc1ccc(F)c(C#Cc2cnc(N)nc2)c1F. The molecule has 0 fully saturated rings. The van der Waals surface area contributed by atoms with Crippen molar-refractivity contribution in [1.29, 1.82) is 0 Å². The number of nitrogens with zero attached hydrogens (tertiary/aromatic N) is 3. The quantitative estimate of drug-likeness (QED) is 0.612. The average Bonchev–Trinajstić information content (AvgIpc) is 2.67. The second-order valence-electron chi connectivity index (χ2n) is 5.71. The van der Waals surface area contributed by atoms with E-state index in [1.165, 1.54) is 31.6 Å². The summed E-state index contributed by atoms with van der Waals surface area (Å²) in [7, 11) is -4.23. The molecule has 148 valence electrons. The number of nitrogens with one attached hydrogen (secondary N) is 1. The monoisotopic (exact) mass is 435 g/mol. The summed E-state index contributed by atoms with van der Waals surface area (Å²) in [5, 5.41) is 0.0906. The first kappa shape index (κ1) is 20.4. The first-order chi connectivity index (χ1) is 13.7. The van der Waals surface area contributed by atoms with Crippen LogP contribution in [0.5, 0.6) is 0 Å². The fraction of sp³-hybridized carbons (Fsp3) is 0.0556. The van der Waals surface area contributed by atoms with Gasteiger partial charge in [-0.25, -0.2) is 27.2 Å². The summed E-state index contributed by atoms with van der Waals surface area (Å²) in [6.07, 6.45) is 3.85. The number of anilines is 2. The van der Waals surface area contributed by atoms with Crippen LogP contribution in [-0.4, -0.2) is 23.4 Å². The van der Waals surface area contributed by atoms with Gasteiger partial charge in [-0.15, -0.1) is 0 Å². The van der Waals surface area contributed by atoms with E-state index in [1.807, 2.05) is 0 Å². The lowest BCUT2D eigenvalue weighted by molar-refractivity contribution is 0.577. The van der Waals surface area contributed by atoms with Gasteiger partial charge in [-0.05, 0) is 25.1 Å². The fourth-order valence-corrected chi connectivity index (χ4v) is 3.75. The number of hydrogen-bond donors (Lipinski definition) is 2. The van der Waals surface area contributed by atoms with Gasteiger partial charge in [0.1, 0.15) is 10.7 Å². The minimum absolute atomic E-state index is 0.0233. The Labute approximate surface area is 170 Å². The molecule has 0 spiro atoms. The molecule has 2 heterocycles. The van der Waals surface area contributed by atoms with Crippen LogP contribution in [0, 0.1) is 30.4 Å². The number of hydrogen-bond acceptors (Lipinski definition) is 6. The van der Waals surface area contributed by atoms with E-state index in [4.69, 9.17) is 17.3 Å². The van der Waals surface area contributed by atoms with Crippen molar-refractivity contribution in [3.63, 3.8) is 0 Å². The summed E-state index contributed by atoms with van der Waals surface area (Å²) in [4.78, 5) is 11.1. The third-order valence-corrected chi connectivity index (χ3v) is 5.32. The number of sulfonamides is 1. The van der Waals surface area contributed by atoms with Crippen LogP contribution < -0.4 is 10.5 Å². The minimum atomic E-state index is -4.23. The van der Waals surface area contributed by atoms with Gasteiger partial charge < -0.3 is 5.73 Å². The van der Waals surface area contributed by atoms with Crippen LogP contribution in [0.3, 0.4) is 0 Å². The van der Waals surface area contributed by atoms with Crippen molar-refractivity contribution in [3.05, 3.63) is 70.3 Å². The fourth-order valence-electron chi connectivity index (χ4n) is 2.24. The molecule has 0 radical (unpaired) electrons. The standard InChI is InChI=1S/C18H12ClF2N5O2S/c1-10-16(6-12(19)9-23-10)29(27,28)26-15-5-4-14(20)13(17(15)21)3-2-11-7-24-18(22)25-8-11/h4-9,26H,1H3,(H2,22,24,25). The van der Waals surface area contributed by atoms with Gasteiger partial charge in [-0.2, -0.15) is 0 Å². The Hall–Kier alpha value is -3.29. The Morgan fingerprint density at radius 3 is 2.48 bits per heavy atom. The van der Waals surface area contributed by atoms with E-state index in [2.05, 4.69) is 31.5 Å². The zero-order valence-electron chi connectivity index (χ0n) is 14.7. The summed E-state index contributed by atoms with van der Waals surface area (Å²) in [6, 6.07) is 3.02. The maximum Gasteiger partial charge on any atom is 0.263 e. The third kappa shape index (κ3) is 4.59. The number of aryl methyl sites for hydroxylation is 1. The molecule has 3 rings (SSSR count). The van der Waals surface area contributed by atoms with Gasteiger partial charge in [0.2, 0.25) is 5.95 Å². The molecule has 29 heavy (non-hydrogen) atoms. The first-order valence-electron chi connectivity index (χ1n) is 7.90. The van der Waals surface area contributed by atoms with Crippen molar-refractivity contribution in [3.8, 4) is 11.8 Å². The van der Waals surface area contributed by atoms with Gasteiger partial charge in [0, 0.05) is 18.6 Å². The highest BCUT2D eigenvalue weighted by molar-refractivity contribution is 7.92. The Balaban J connectivity index is 1.99. The molecule has 3 N–H and O–H groups in total. The molecular weight excluding hydrogens is 424 g/mol. The average molecular weight is 436 g/mol. The summed E-state index contributed by atoms with van der Waals surface area (Å²) >= 11 is 5.80. The van der Waals surface area contributed by atoms with E-state index >= 15 is 0 Å². The highest BCUT2D eigenvalue weighted by atomic mass is 35.5. The maximum absolute atomic E-state index is 14.8. The number of halogens is 3. The van der Waals surface area contributed by atoms with Crippen molar-refractivity contribution in [2.24, 2.45) is 0 Å². The van der Waals surface area contributed by atoms with Crippen molar-refractivity contribution < 1.29 is 17.2 Å². The molecule has 0 atom stereocenters. The van der Waals surface area contributed by atoms with Gasteiger partial charge >= 0.3 is 0 Å². The molecule has 1 aromatic carbocycles. The van der Waals surface area contributed by atoms with Crippen LogP contribution in [0.15, 0.2) is 41.7 Å². The van der Waals surface area contributed by atoms with Crippen molar-refractivity contribution >= 4 is 33.3 Å². The van der Waals surface area contributed by atoms with Crippen LogP contribution in [0.1, 0.15) is 16.8 Å². The molecule has 0 amide bonds. The van der Waals surface area contributed by atoms with Gasteiger partial charge in [0.15, 0.2) is 5.82 Å². The highest BCUT2D eigenvalue weighted by Crippen LogP contribution is 2.25. The Bertz CT molecular complexity index is 1260.